The van der Waals surface area contributed by atoms with Gasteiger partial charge in [-0.05, 0) is 30.9 Å². The monoisotopic (exact) mass is 461 g/mol. The van der Waals surface area contributed by atoms with Crippen molar-refractivity contribution in [2.24, 2.45) is 10.9 Å². The number of pyridine rings is 1. The number of ether oxygens (including phenoxy) is 1. The van der Waals surface area contributed by atoms with Gasteiger partial charge in [0, 0.05) is 38.9 Å². The molecule has 1 aliphatic heterocycles. The number of hydrogen-bond acceptors (Lipinski definition) is 4. The highest BCUT2D eigenvalue weighted by atomic mass is 127. The average molecular weight is 461 g/mol. The Labute approximate surface area is 168 Å². The number of hydrogen-bond donors (Lipinski definition) is 2. The van der Waals surface area contributed by atoms with Gasteiger partial charge >= 0.3 is 0 Å². The molecule has 1 aromatic heterocycles. The maximum atomic E-state index is 5.63. The highest BCUT2D eigenvalue weighted by Gasteiger charge is 2.20. The molecule has 0 aliphatic carbocycles. The molecule has 142 valence electrons. The van der Waals surface area contributed by atoms with Crippen LogP contribution in [-0.4, -0.2) is 61.7 Å². The second kappa shape index (κ2) is 12.3. The van der Waals surface area contributed by atoms with E-state index in [0.717, 1.165) is 30.7 Å². The Hall–Kier alpha value is -1.09. The fourth-order valence-electron chi connectivity index (χ4n) is 2.94. The fraction of sp³-hybridized carbons (Fsp3) is 0.667. The molecule has 2 N–H and O–H groups in total. The number of guanidine groups is 1. The summed E-state index contributed by atoms with van der Waals surface area (Å²) in [5.41, 5.74) is 0. The Morgan fingerprint density at radius 1 is 1.40 bits per heavy atom. The van der Waals surface area contributed by atoms with Gasteiger partial charge in [0.1, 0.15) is 12.4 Å². The highest BCUT2D eigenvalue weighted by Crippen LogP contribution is 2.12. The van der Waals surface area contributed by atoms with Crippen molar-refractivity contribution in [2.75, 3.05) is 39.8 Å². The molecule has 7 heteroatoms. The second-order valence-corrected chi connectivity index (χ2v) is 6.65. The Morgan fingerprint density at radius 2 is 2.16 bits per heavy atom. The summed E-state index contributed by atoms with van der Waals surface area (Å²) in [7, 11) is 1.81. The quantitative estimate of drug-likeness (QED) is 0.283. The molecule has 1 saturated heterocycles. The number of nitrogens with zero attached hydrogens (tertiary/aromatic N) is 3. The summed E-state index contributed by atoms with van der Waals surface area (Å²) in [6.07, 6.45) is 5.79. The number of halogens is 1. The van der Waals surface area contributed by atoms with Crippen LogP contribution in [0.5, 0.6) is 5.75 Å². The predicted octanol–water partition coefficient (Wildman–Crippen LogP) is 2.36. The van der Waals surface area contributed by atoms with E-state index in [9.17, 15) is 0 Å². The van der Waals surface area contributed by atoms with Gasteiger partial charge in [-0.1, -0.05) is 13.8 Å². The van der Waals surface area contributed by atoms with E-state index in [2.05, 4.69) is 39.4 Å². The molecular formula is C18H32IN5O. The van der Waals surface area contributed by atoms with E-state index in [-0.39, 0.29) is 24.0 Å². The minimum atomic E-state index is 0. The zero-order valence-corrected chi connectivity index (χ0v) is 17.9. The minimum Gasteiger partial charge on any atom is -0.490 e. The third-order valence-corrected chi connectivity index (χ3v) is 4.07. The van der Waals surface area contributed by atoms with Crippen molar-refractivity contribution in [3.8, 4) is 5.75 Å². The molecule has 0 spiro atoms. The lowest BCUT2D eigenvalue weighted by molar-refractivity contribution is 0.186. The van der Waals surface area contributed by atoms with Gasteiger partial charge in [-0.3, -0.25) is 9.98 Å². The van der Waals surface area contributed by atoms with Crippen LogP contribution in [0, 0.1) is 5.92 Å². The zero-order valence-electron chi connectivity index (χ0n) is 15.6. The third-order valence-electron chi connectivity index (χ3n) is 4.07. The predicted molar refractivity (Wildman–Crippen MR) is 114 cm³/mol. The van der Waals surface area contributed by atoms with Gasteiger partial charge in [-0.2, -0.15) is 0 Å². The normalized spacial score (nSPS) is 16.4. The number of aliphatic imine (C=N–C) groups is 1. The number of likely N-dealkylation sites (tertiary alicyclic amines) is 1. The summed E-state index contributed by atoms with van der Waals surface area (Å²) in [6, 6.07) is 4.28. The summed E-state index contributed by atoms with van der Waals surface area (Å²) in [4.78, 5) is 10.9. The molecule has 6 nitrogen and oxygen atoms in total. The van der Waals surface area contributed by atoms with Crippen molar-refractivity contribution < 1.29 is 4.74 Å². The van der Waals surface area contributed by atoms with Gasteiger partial charge in [0.25, 0.3) is 0 Å². The first-order chi connectivity index (χ1) is 11.7. The Bertz CT molecular complexity index is 489. The van der Waals surface area contributed by atoms with Gasteiger partial charge < -0.3 is 20.3 Å². The number of aromatic nitrogens is 1. The number of nitrogens with one attached hydrogen (secondary N) is 2. The summed E-state index contributed by atoms with van der Waals surface area (Å²) in [5.74, 6) is 2.38. The molecule has 0 saturated carbocycles. The largest absolute Gasteiger partial charge is 0.490 e. The van der Waals surface area contributed by atoms with Crippen LogP contribution in [0.25, 0.3) is 0 Å². The molecule has 1 aliphatic rings. The maximum absolute atomic E-state index is 5.63. The van der Waals surface area contributed by atoms with Crippen molar-refractivity contribution in [3.63, 3.8) is 0 Å². The first-order valence-corrected chi connectivity index (χ1v) is 8.89. The molecule has 25 heavy (non-hydrogen) atoms. The van der Waals surface area contributed by atoms with Crippen molar-refractivity contribution in [2.45, 2.75) is 32.7 Å². The molecule has 1 aromatic rings. The molecule has 0 bridgehead atoms. The first-order valence-electron chi connectivity index (χ1n) is 8.89. The van der Waals surface area contributed by atoms with E-state index in [0.29, 0.717) is 19.2 Å². The summed E-state index contributed by atoms with van der Waals surface area (Å²) in [6.45, 7) is 9.38. The first kappa shape index (κ1) is 22.0. The van der Waals surface area contributed by atoms with Gasteiger partial charge in [0.15, 0.2) is 5.96 Å². The Morgan fingerprint density at radius 3 is 2.76 bits per heavy atom. The van der Waals surface area contributed by atoms with E-state index in [1.165, 1.54) is 19.4 Å². The molecule has 0 amide bonds. The van der Waals surface area contributed by atoms with Crippen LogP contribution < -0.4 is 15.4 Å². The summed E-state index contributed by atoms with van der Waals surface area (Å²) in [5, 5.41) is 6.83. The average Bonchev–Trinajstić information content (AvgIpc) is 2.59. The lowest BCUT2D eigenvalue weighted by Crippen LogP contribution is -2.49. The SMILES string of the molecule is CN=C(NCCOc1cccnc1)NC1CCN(CC(C)C)CC1.I. The van der Waals surface area contributed by atoms with Crippen LogP contribution >= 0.6 is 24.0 Å². The van der Waals surface area contributed by atoms with E-state index < -0.39 is 0 Å². The summed E-state index contributed by atoms with van der Waals surface area (Å²) >= 11 is 0. The van der Waals surface area contributed by atoms with Crippen molar-refractivity contribution >= 4 is 29.9 Å². The molecule has 2 rings (SSSR count). The van der Waals surface area contributed by atoms with E-state index in [4.69, 9.17) is 4.74 Å². The van der Waals surface area contributed by atoms with Gasteiger partial charge in [-0.25, -0.2) is 0 Å². The molecule has 0 aromatic carbocycles. The van der Waals surface area contributed by atoms with Crippen molar-refractivity contribution in [1.82, 2.24) is 20.5 Å². The lowest BCUT2D eigenvalue weighted by Gasteiger charge is -2.33. The van der Waals surface area contributed by atoms with Crippen LogP contribution in [0.4, 0.5) is 0 Å². The molecular weight excluding hydrogens is 429 g/mol. The van der Waals surface area contributed by atoms with E-state index >= 15 is 0 Å². The van der Waals surface area contributed by atoms with Crippen LogP contribution in [0.15, 0.2) is 29.5 Å². The molecule has 0 atom stereocenters. The minimum absolute atomic E-state index is 0. The Kier molecular flexibility index (Phi) is 10.8. The van der Waals surface area contributed by atoms with E-state index in [1.54, 1.807) is 12.4 Å². The van der Waals surface area contributed by atoms with Crippen LogP contribution in [0.1, 0.15) is 26.7 Å². The van der Waals surface area contributed by atoms with Gasteiger partial charge in [0.05, 0.1) is 12.7 Å². The molecule has 0 radical (unpaired) electrons. The zero-order chi connectivity index (χ0) is 17.2. The summed E-state index contributed by atoms with van der Waals surface area (Å²) < 4.78 is 5.63. The highest BCUT2D eigenvalue weighted by molar-refractivity contribution is 14.0. The number of rotatable bonds is 7. The molecule has 2 heterocycles. The van der Waals surface area contributed by atoms with Crippen LogP contribution in [-0.2, 0) is 0 Å². The standard InChI is InChI=1S/C18H31N5O.HI/c1-15(2)14-23-10-6-16(7-11-23)22-18(19-3)21-9-12-24-17-5-4-8-20-13-17;/h4-5,8,13,15-16H,6-7,9-12,14H2,1-3H3,(H2,19,21,22);1H. The van der Waals surface area contributed by atoms with E-state index in [1.807, 2.05) is 19.2 Å². The van der Waals surface area contributed by atoms with Crippen molar-refractivity contribution in [1.29, 1.82) is 0 Å². The van der Waals surface area contributed by atoms with Gasteiger partial charge in [0.2, 0.25) is 0 Å². The van der Waals surface area contributed by atoms with Crippen LogP contribution in [0.2, 0.25) is 0 Å². The second-order valence-electron chi connectivity index (χ2n) is 6.65. The van der Waals surface area contributed by atoms with Gasteiger partial charge in [-0.15, -0.1) is 24.0 Å². The molecule has 1 fully saturated rings. The van der Waals surface area contributed by atoms with Crippen LogP contribution in [0.3, 0.4) is 0 Å². The van der Waals surface area contributed by atoms with Crippen molar-refractivity contribution in [3.05, 3.63) is 24.5 Å². The lowest BCUT2D eigenvalue weighted by atomic mass is 10.0. The molecule has 0 unspecified atom stereocenters. The number of piperidine rings is 1. The third kappa shape index (κ3) is 8.71. The smallest absolute Gasteiger partial charge is 0.191 e. The Balaban J connectivity index is 0.00000312. The topological polar surface area (TPSA) is 61.8 Å². The fourth-order valence-corrected chi connectivity index (χ4v) is 2.94. The maximum Gasteiger partial charge on any atom is 0.191 e.